The van der Waals surface area contributed by atoms with Crippen molar-refractivity contribution >= 4 is 33.1 Å². The van der Waals surface area contributed by atoms with Gasteiger partial charge in [-0.3, -0.25) is 4.79 Å². The minimum absolute atomic E-state index is 0.296. The first-order valence-electron chi connectivity index (χ1n) is 6.14. The minimum Gasteiger partial charge on any atom is -0.347 e. The quantitative estimate of drug-likeness (QED) is 0.756. The van der Waals surface area contributed by atoms with E-state index in [4.69, 9.17) is 0 Å². The highest BCUT2D eigenvalue weighted by atomic mass is 79.9. The van der Waals surface area contributed by atoms with Gasteiger partial charge in [-0.25, -0.2) is 0 Å². The molecule has 0 bridgehead atoms. The van der Waals surface area contributed by atoms with E-state index in [0.717, 1.165) is 40.2 Å². The number of halogens is 1. The Hall–Kier alpha value is -1.09. The van der Waals surface area contributed by atoms with Crippen LogP contribution in [0.5, 0.6) is 0 Å². The van der Waals surface area contributed by atoms with Gasteiger partial charge in [-0.15, -0.1) is 0 Å². The summed E-state index contributed by atoms with van der Waals surface area (Å²) in [5, 5.41) is 1.03. The second kappa shape index (κ2) is 4.88. The average Bonchev–Trinajstić information content (AvgIpc) is 2.63. The number of hydrogen-bond donors (Lipinski definition) is 0. The number of benzene rings is 1. The lowest BCUT2D eigenvalue weighted by Gasteiger charge is -2.18. The van der Waals surface area contributed by atoms with Crippen LogP contribution in [-0.2, 0) is 6.54 Å². The van der Waals surface area contributed by atoms with Crippen molar-refractivity contribution in [3.63, 3.8) is 0 Å². The Balaban J connectivity index is 2.43. The van der Waals surface area contributed by atoms with E-state index in [1.165, 1.54) is 0 Å². The van der Waals surface area contributed by atoms with Crippen molar-refractivity contribution in [3.8, 4) is 0 Å². The summed E-state index contributed by atoms with van der Waals surface area (Å²) in [5.41, 5.74) is 2.19. The van der Waals surface area contributed by atoms with Crippen molar-refractivity contribution in [2.24, 2.45) is 5.41 Å². The van der Waals surface area contributed by atoms with Gasteiger partial charge in [0.25, 0.3) is 0 Å². The maximum atomic E-state index is 11.1. The molecule has 0 atom stereocenters. The molecule has 1 aromatic heterocycles. The molecule has 2 rings (SSSR count). The third-order valence-electron chi connectivity index (χ3n) is 3.10. The first-order valence-corrected chi connectivity index (χ1v) is 6.93. The van der Waals surface area contributed by atoms with Crippen LogP contribution in [-0.4, -0.2) is 10.9 Å². The van der Waals surface area contributed by atoms with Gasteiger partial charge in [-0.2, -0.15) is 0 Å². The molecule has 0 fully saturated rings. The number of fused-ring (bicyclic) bond motifs is 1. The van der Waals surface area contributed by atoms with Crippen molar-refractivity contribution in [2.45, 2.75) is 33.7 Å². The van der Waals surface area contributed by atoms with Gasteiger partial charge in [-0.05, 0) is 24.0 Å². The molecule has 0 N–H and O–H groups in total. The summed E-state index contributed by atoms with van der Waals surface area (Å²) < 4.78 is 3.22. The predicted molar refractivity (Wildman–Crippen MR) is 79.1 cm³/mol. The highest BCUT2D eigenvalue weighted by molar-refractivity contribution is 9.10. The third-order valence-corrected chi connectivity index (χ3v) is 3.60. The van der Waals surface area contributed by atoms with E-state index in [-0.39, 0.29) is 0 Å². The number of nitrogens with zero attached hydrogens (tertiary/aromatic N) is 1. The molecule has 18 heavy (non-hydrogen) atoms. The Labute approximate surface area is 116 Å². The number of hydrogen-bond acceptors (Lipinski definition) is 1. The van der Waals surface area contributed by atoms with Crippen molar-refractivity contribution in [1.29, 1.82) is 0 Å². The van der Waals surface area contributed by atoms with Crippen molar-refractivity contribution in [3.05, 3.63) is 34.4 Å². The molecule has 0 unspecified atom stereocenters. The first kappa shape index (κ1) is 13.3. The summed E-state index contributed by atoms with van der Waals surface area (Å²) >= 11 is 3.49. The van der Waals surface area contributed by atoms with Gasteiger partial charge in [0.2, 0.25) is 0 Å². The second-order valence-electron chi connectivity index (χ2n) is 5.87. The number of aldehydes is 1. The summed E-state index contributed by atoms with van der Waals surface area (Å²) in [5.74, 6) is 0. The standard InChI is InChI=1S/C15H18BrNO/c1-15(2,3)6-7-17-9-11(10-18)13-5-4-12(16)8-14(13)17/h4-5,8-10H,6-7H2,1-3H3. The summed E-state index contributed by atoms with van der Waals surface area (Å²) in [4.78, 5) is 11.1. The SMILES string of the molecule is CC(C)(C)CCn1cc(C=O)c2ccc(Br)cc21. The van der Waals surface area contributed by atoms with Crippen LogP contribution in [0, 0.1) is 5.41 Å². The van der Waals surface area contributed by atoms with Crippen LogP contribution in [0.2, 0.25) is 0 Å². The molecule has 0 saturated heterocycles. The van der Waals surface area contributed by atoms with E-state index in [1.807, 2.05) is 18.3 Å². The normalized spacial score (nSPS) is 12.0. The molecule has 0 spiro atoms. The number of rotatable bonds is 3. The van der Waals surface area contributed by atoms with E-state index in [0.29, 0.717) is 5.41 Å². The highest BCUT2D eigenvalue weighted by Gasteiger charge is 2.13. The molecular weight excluding hydrogens is 290 g/mol. The first-order chi connectivity index (χ1) is 8.40. The lowest BCUT2D eigenvalue weighted by molar-refractivity contribution is 0.112. The van der Waals surface area contributed by atoms with Crippen LogP contribution in [0.15, 0.2) is 28.9 Å². The topological polar surface area (TPSA) is 22.0 Å². The largest absolute Gasteiger partial charge is 0.347 e. The molecule has 0 aliphatic carbocycles. The Kier molecular flexibility index (Phi) is 3.62. The molecule has 0 amide bonds. The fourth-order valence-electron chi connectivity index (χ4n) is 2.03. The Morgan fingerprint density at radius 2 is 2.06 bits per heavy atom. The van der Waals surface area contributed by atoms with Crippen molar-refractivity contribution in [1.82, 2.24) is 4.57 Å². The Bertz CT molecular complexity index is 578. The molecule has 0 saturated carbocycles. The zero-order valence-corrected chi connectivity index (χ0v) is 12.6. The molecule has 1 heterocycles. The van der Waals surface area contributed by atoms with Crippen LogP contribution in [0.1, 0.15) is 37.6 Å². The van der Waals surface area contributed by atoms with Gasteiger partial charge >= 0.3 is 0 Å². The van der Waals surface area contributed by atoms with Gasteiger partial charge in [0.05, 0.1) is 0 Å². The lowest BCUT2D eigenvalue weighted by Crippen LogP contribution is -2.09. The summed E-state index contributed by atoms with van der Waals surface area (Å²) in [7, 11) is 0. The van der Waals surface area contributed by atoms with Crippen LogP contribution in [0.25, 0.3) is 10.9 Å². The Morgan fingerprint density at radius 3 is 2.67 bits per heavy atom. The van der Waals surface area contributed by atoms with Gasteiger partial charge < -0.3 is 4.57 Å². The summed E-state index contributed by atoms with van der Waals surface area (Å²) in [6.07, 6.45) is 3.97. The highest BCUT2D eigenvalue weighted by Crippen LogP contribution is 2.26. The third kappa shape index (κ3) is 2.83. The van der Waals surface area contributed by atoms with Gasteiger partial charge in [0, 0.05) is 33.7 Å². The van der Waals surface area contributed by atoms with E-state index >= 15 is 0 Å². The van der Waals surface area contributed by atoms with Crippen LogP contribution in [0.4, 0.5) is 0 Å². The second-order valence-corrected chi connectivity index (χ2v) is 6.78. The molecule has 3 heteroatoms. The van der Waals surface area contributed by atoms with Crippen LogP contribution in [0.3, 0.4) is 0 Å². The van der Waals surface area contributed by atoms with Gasteiger partial charge in [-0.1, -0.05) is 42.8 Å². The fourth-order valence-corrected chi connectivity index (χ4v) is 2.38. The summed E-state index contributed by atoms with van der Waals surface area (Å²) in [6.45, 7) is 7.63. The summed E-state index contributed by atoms with van der Waals surface area (Å²) in [6, 6.07) is 6.05. The van der Waals surface area contributed by atoms with Gasteiger partial charge in [0.15, 0.2) is 6.29 Å². The minimum atomic E-state index is 0.296. The van der Waals surface area contributed by atoms with Crippen molar-refractivity contribution in [2.75, 3.05) is 0 Å². The average molecular weight is 308 g/mol. The van der Waals surface area contributed by atoms with E-state index in [2.05, 4.69) is 47.3 Å². The molecule has 1 aromatic carbocycles. The van der Waals surface area contributed by atoms with Gasteiger partial charge in [0.1, 0.15) is 0 Å². The van der Waals surface area contributed by atoms with Crippen molar-refractivity contribution < 1.29 is 4.79 Å². The molecule has 0 radical (unpaired) electrons. The van der Waals surface area contributed by atoms with E-state index in [9.17, 15) is 4.79 Å². The van der Waals surface area contributed by atoms with E-state index < -0.39 is 0 Å². The monoisotopic (exact) mass is 307 g/mol. The molecular formula is C15H18BrNO. The molecule has 2 aromatic rings. The lowest BCUT2D eigenvalue weighted by atomic mass is 9.92. The Morgan fingerprint density at radius 1 is 1.33 bits per heavy atom. The molecule has 96 valence electrons. The zero-order chi connectivity index (χ0) is 13.3. The maximum Gasteiger partial charge on any atom is 0.152 e. The van der Waals surface area contributed by atoms with Crippen LogP contribution >= 0.6 is 15.9 Å². The number of aromatic nitrogens is 1. The molecule has 2 nitrogen and oxygen atoms in total. The number of carbonyl (C=O) groups is 1. The van der Waals surface area contributed by atoms with Crippen LogP contribution < -0.4 is 0 Å². The number of carbonyl (C=O) groups excluding carboxylic acids is 1. The molecule has 0 aliphatic heterocycles. The predicted octanol–water partition coefficient (Wildman–Crippen LogP) is 4.65. The fraction of sp³-hybridized carbons (Fsp3) is 0.400. The number of aryl methyl sites for hydroxylation is 1. The zero-order valence-electron chi connectivity index (χ0n) is 11.0. The smallest absolute Gasteiger partial charge is 0.152 e. The molecule has 0 aliphatic rings. The van der Waals surface area contributed by atoms with E-state index in [1.54, 1.807) is 0 Å². The maximum absolute atomic E-state index is 11.1.